The number of thiophene rings is 1. The molecule has 3 aromatic rings. The van der Waals surface area contributed by atoms with E-state index in [1.54, 1.807) is 17.4 Å². The van der Waals surface area contributed by atoms with E-state index >= 15 is 0 Å². The molecule has 1 aliphatic rings. The van der Waals surface area contributed by atoms with Gasteiger partial charge < -0.3 is 5.32 Å². The Morgan fingerprint density at radius 2 is 1.80 bits per heavy atom. The quantitative estimate of drug-likeness (QED) is 0.587. The van der Waals surface area contributed by atoms with Gasteiger partial charge in [0.05, 0.1) is 6.04 Å². The fraction of sp³-hybridized carbons (Fsp3) is 0.200. The number of nitrogens with one attached hydrogen (secondary N) is 1. The summed E-state index contributed by atoms with van der Waals surface area (Å²) in [5.74, 6) is -0.393. The van der Waals surface area contributed by atoms with E-state index in [9.17, 15) is 9.59 Å². The Labute approximate surface area is 180 Å². The summed E-state index contributed by atoms with van der Waals surface area (Å²) in [5, 5.41) is 5.12. The molecular weight excluding hydrogens is 392 g/mol. The van der Waals surface area contributed by atoms with Crippen molar-refractivity contribution in [3.05, 3.63) is 99.8 Å². The number of carbonyl (C=O) groups is 2. The highest BCUT2D eigenvalue weighted by Gasteiger charge is 2.32. The molecule has 1 aliphatic heterocycles. The van der Waals surface area contributed by atoms with Crippen LogP contribution in [0, 0.1) is 0 Å². The van der Waals surface area contributed by atoms with E-state index in [4.69, 9.17) is 0 Å². The minimum absolute atomic E-state index is 0.0534. The zero-order valence-corrected chi connectivity index (χ0v) is 17.7. The first-order chi connectivity index (χ1) is 14.6. The van der Waals surface area contributed by atoms with Crippen molar-refractivity contribution in [1.29, 1.82) is 0 Å². The van der Waals surface area contributed by atoms with Crippen molar-refractivity contribution in [3.8, 4) is 0 Å². The summed E-state index contributed by atoms with van der Waals surface area (Å²) in [6.45, 7) is 6.13. The summed E-state index contributed by atoms with van der Waals surface area (Å²) >= 11 is 1.60. The Morgan fingerprint density at radius 3 is 2.43 bits per heavy atom. The van der Waals surface area contributed by atoms with Gasteiger partial charge in [0, 0.05) is 21.7 Å². The van der Waals surface area contributed by atoms with E-state index in [1.807, 2.05) is 35.7 Å². The number of fused-ring (bicyclic) bond motifs is 1. The van der Waals surface area contributed by atoms with Crippen LogP contribution < -0.4 is 5.32 Å². The summed E-state index contributed by atoms with van der Waals surface area (Å²) in [4.78, 5) is 28.2. The van der Waals surface area contributed by atoms with Gasteiger partial charge in [-0.25, -0.2) is 0 Å². The second kappa shape index (κ2) is 8.67. The number of hydrogen-bond acceptors (Lipinski definition) is 3. The Hall–Kier alpha value is -3.18. The van der Waals surface area contributed by atoms with Crippen molar-refractivity contribution in [2.75, 3.05) is 6.54 Å². The fourth-order valence-electron chi connectivity index (χ4n) is 3.79. The molecule has 2 amide bonds. The fourth-order valence-corrected chi connectivity index (χ4v) is 4.59. The molecule has 2 heterocycles. The van der Waals surface area contributed by atoms with Gasteiger partial charge in [-0.3, -0.25) is 14.5 Å². The van der Waals surface area contributed by atoms with Crippen LogP contribution in [0.15, 0.2) is 72.6 Å². The second-order valence-corrected chi connectivity index (χ2v) is 8.37. The molecule has 0 spiro atoms. The first kappa shape index (κ1) is 20.1. The average molecular weight is 417 g/mol. The van der Waals surface area contributed by atoms with E-state index < -0.39 is 0 Å². The van der Waals surface area contributed by atoms with Gasteiger partial charge in [-0.15, -0.1) is 11.3 Å². The predicted octanol–water partition coefficient (Wildman–Crippen LogP) is 5.03. The van der Waals surface area contributed by atoms with Gasteiger partial charge in [0.2, 0.25) is 5.91 Å². The summed E-state index contributed by atoms with van der Waals surface area (Å²) in [6.07, 6.45) is 2.14. The van der Waals surface area contributed by atoms with Gasteiger partial charge in [0.25, 0.3) is 5.91 Å². The molecule has 4 nitrogen and oxygen atoms in total. The van der Waals surface area contributed by atoms with E-state index in [1.165, 1.54) is 10.5 Å². The molecule has 1 N–H and O–H groups in total. The highest BCUT2D eigenvalue weighted by atomic mass is 32.1. The minimum Gasteiger partial charge on any atom is -0.343 e. The molecule has 2 aromatic carbocycles. The van der Waals surface area contributed by atoms with Crippen LogP contribution in [0.3, 0.4) is 0 Å². The maximum absolute atomic E-state index is 12.9. The first-order valence-corrected chi connectivity index (χ1v) is 11.0. The predicted molar refractivity (Wildman–Crippen MR) is 121 cm³/mol. The van der Waals surface area contributed by atoms with E-state index in [0.29, 0.717) is 11.3 Å². The number of nitrogens with zero attached hydrogens (tertiary/aromatic N) is 1. The summed E-state index contributed by atoms with van der Waals surface area (Å²) < 4.78 is 0. The Bertz CT molecular complexity index is 1040. The third kappa shape index (κ3) is 3.94. The lowest BCUT2D eigenvalue weighted by atomic mass is 10.0. The van der Waals surface area contributed by atoms with E-state index in [-0.39, 0.29) is 24.4 Å². The molecular formula is C25H24N2O2S. The lowest BCUT2D eigenvalue weighted by molar-refractivity contribution is -0.121. The van der Waals surface area contributed by atoms with Gasteiger partial charge in [0.1, 0.15) is 6.54 Å². The largest absolute Gasteiger partial charge is 0.343 e. The molecule has 30 heavy (non-hydrogen) atoms. The van der Waals surface area contributed by atoms with Crippen LogP contribution in [-0.2, 0) is 11.2 Å². The third-order valence-corrected chi connectivity index (χ3v) is 6.26. The van der Waals surface area contributed by atoms with Crippen LogP contribution in [0.25, 0.3) is 5.70 Å². The maximum Gasteiger partial charge on any atom is 0.259 e. The molecule has 4 rings (SSSR count). The second-order valence-electron chi connectivity index (χ2n) is 7.39. The van der Waals surface area contributed by atoms with Crippen LogP contribution in [0.4, 0.5) is 0 Å². The van der Waals surface area contributed by atoms with Crippen LogP contribution in [0.2, 0.25) is 0 Å². The molecule has 5 heteroatoms. The van der Waals surface area contributed by atoms with Crippen LogP contribution in [-0.4, -0.2) is 23.3 Å². The zero-order chi connectivity index (χ0) is 21.1. The number of rotatable bonds is 7. The maximum atomic E-state index is 12.9. The number of amides is 2. The highest BCUT2D eigenvalue weighted by molar-refractivity contribution is 7.10. The number of aryl methyl sites for hydroxylation is 1. The highest BCUT2D eigenvalue weighted by Crippen LogP contribution is 2.31. The number of benzene rings is 2. The van der Waals surface area contributed by atoms with Crippen molar-refractivity contribution in [2.24, 2.45) is 0 Å². The number of carbonyl (C=O) groups excluding carboxylic acids is 2. The normalized spacial score (nSPS) is 14.0. The summed E-state index contributed by atoms with van der Waals surface area (Å²) in [6, 6.07) is 19.5. The van der Waals surface area contributed by atoms with E-state index in [0.717, 1.165) is 28.8 Å². The minimum atomic E-state index is -0.249. The monoisotopic (exact) mass is 416 g/mol. The molecule has 1 aromatic heterocycles. The molecule has 0 fully saturated rings. The molecule has 0 aliphatic carbocycles. The Kier molecular flexibility index (Phi) is 5.81. The number of hydrogen-bond donors (Lipinski definition) is 1. The lowest BCUT2D eigenvalue weighted by Crippen LogP contribution is -2.38. The lowest BCUT2D eigenvalue weighted by Gasteiger charge is -2.22. The zero-order valence-electron chi connectivity index (χ0n) is 16.9. The standard InChI is InChI=1S/C25H24N2O2S/c1-3-7-18-11-13-19(14-12-18)24(22-10-6-15-30-22)26-23(28)16-27-17(2)20-8-4-5-9-21(20)25(27)29/h4-6,8-15,24H,2-3,7,16H2,1H3,(H,26,28). The summed E-state index contributed by atoms with van der Waals surface area (Å²) in [5.41, 5.74) is 4.27. The topological polar surface area (TPSA) is 49.4 Å². The van der Waals surface area contributed by atoms with Crippen molar-refractivity contribution >= 4 is 28.8 Å². The van der Waals surface area contributed by atoms with Crippen molar-refractivity contribution in [2.45, 2.75) is 25.8 Å². The SMILES string of the molecule is C=C1c2ccccc2C(=O)N1CC(=O)NC(c1ccc(CCC)cc1)c1cccs1. The van der Waals surface area contributed by atoms with Gasteiger partial charge in [-0.1, -0.05) is 68.5 Å². The molecule has 0 saturated heterocycles. The molecule has 152 valence electrons. The summed E-state index contributed by atoms with van der Waals surface area (Å²) in [7, 11) is 0. The van der Waals surface area contributed by atoms with Crippen molar-refractivity contribution in [3.63, 3.8) is 0 Å². The third-order valence-electron chi connectivity index (χ3n) is 5.33. The van der Waals surface area contributed by atoms with Crippen molar-refractivity contribution < 1.29 is 9.59 Å². The van der Waals surface area contributed by atoms with Gasteiger partial charge >= 0.3 is 0 Å². The van der Waals surface area contributed by atoms with Crippen LogP contribution >= 0.6 is 11.3 Å². The molecule has 0 radical (unpaired) electrons. The van der Waals surface area contributed by atoms with E-state index in [2.05, 4.69) is 43.1 Å². The van der Waals surface area contributed by atoms with Crippen LogP contribution in [0.5, 0.6) is 0 Å². The average Bonchev–Trinajstić information content (AvgIpc) is 3.37. The molecule has 1 atom stereocenters. The molecule has 0 bridgehead atoms. The molecule has 0 saturated carbocycles. The first-order valence-electron chi connectivity index (χ1n) is 10.1. The van der Waals surface area contributed by atoms with Gasteiger partial charge in [0.15, 0.2) is 0 Å². The van der Waals surface area contributed by atoms with Gasteiger partial charge in [-0.2, -0.15) is 0 Å². The van der Waals surface area contributed by atoms with Crippen molar-refractivity contribution in [1.82, 2.24) is 10.2 Å². The van der Waals surface area contributed by atoms with Crippen LogP contribution in [0.1, 0.15) is 51.3 Å². The Morgan fingerprint density at radius 1 is 1.07 bits per heavy atom. The smallest absolute Gasteiger partial charge is 0.259 e. The Balaban J connectivity index is 1.52. The molecule has 1 unspecified atom stereocenters. The van der Waals surface area contributed by atoms with Gasteiger partial charge in [-0.05, 0) is 35.1 Å².